The van der Waals surface area contributed by atoms with Gasteiger partial charge in [0.15, 0.2) is 0 Å². The number of nitrogens with one attached hydrogen (secondary N) is 2. The van der Waals surface area contributed by atoms with Gasteiger partial charge in [0.25, 0.3) is 12.3 Å². The number of carbonyl (C=O) groups is 1. The second kappa shape index (κ2) is 8.37. The minimum atomic E-state index is -0.833. The lowest BCUT2D eigenvalue weighted by atomic mass is 9.84. The van der Waals surface area contributed by atoms with Crippen LogP contribution in [0.3, 0.4) is 0 Å². The topological polar surface area (TPSA) is 92.9 Å². The van der Waals surface area contributed by atoms with Crippen molar-refractivity contribution in [1.29, 1.82) is 0 Å². The molecule has 27 heavy (non-hydrogen) atoms. The number of thioether (sulfide) groups is 1. The van der Waals surface area contributed by atoms with Crippen LogP contribution >= 0.6 is 11.8 Å². The number of nitrogens with zero attached hydrogens (tertiary/aromatic N) is 1. The maximum atomic E-state index is 12.7. The Hall–Kier alpha value is -1.96. The van der Waals surface area contributed by atoms with Gasteiger partial charge in [-0.05, 0) is 42.2 Å². The maximum absolute atomic E-state index is 12.7. The smallest absolute Gasteiger partial charge is 0.337 e. The molecule has 1 aliphatic carbocycles. The normalized spacial score (nSPS) is 23.2. The lowest BCUT2D eigenvalue weighted by molar-refractivity contribution is 0.0416. The highest BCUT2D eigenvalue weighted by atomic mass is 32.2. The van der Waals surface area contributed by atoms with Crippen molar-refractivity contribution in [3.63, 3.8) is 0 Å². The minimum absolute atomic E-state index is 0.182. The molecule has 4 rings (SSSR count). The van der Waals surface area contributed by atoms with Crippen molar-refractivity contribution in [3.8, 4) is 0 Å². The van der Waals surface area contributed by atoms with Gasteiger partial charge in [-0.2, -0.15) is 11.8 Å². The van der Waals surface area contributed by atoms with Gasteiger partial charge in [-0.3, -0.25) is 10.1 Å². The third kappa shape index (κ3) is 4.48. The van der Waals surface area contributed by atoms with Gasteiger partial charge in [0.1, 0.15) is 5.56 Å². The number of rotatable bonds is 4. The van der Waals surface area contributed by atoms with Gasteiger partial charge in [0, 0.05) is 6.07 Å². The van der Waals surface area contributed by atoms with E-state index in [-0.39, 0.29) is 11.8 Å². The van der Waals surface area contributed by atoms with Gasteiger partial charge in [-0.15, -0.1) is 0 Å². The number of carbonyl (C=O) groups excluding carboxylic acids is 1. The fourth-order valence-electron chi connectivity index (χ4n) is 3.98. The van der Waals surface area contributed by atoms with E-state index in [1.807, 2.05) is 11.8 Å². The van der Waals surface area contributed by atoms with Crippen LogP contribution in [0.2, 0.25) is 0 Å². The molecule has 1 aromatic heterocycles. The quantitative estimate of drug-likeness (QED) is 0.766. The Balaban J connectivity index is 1.50. The molecule has 1 amide bonds. The first-order chi connectivity index (χ1) is 13.2. The van der Waals surface area contributed by atoms with E-state index in [4.69, 9.17) is 9.25 Å². The molecule has 7 nitrogen and oxygen atoms in total. The predicted molar refractivity (Wildman–Crippen MR) is 105 cm³/mol. The molecule has 3 heterocycles. The highest BCUT2D eigenvalue weighted by Crippen LogP contribution is 2.30. The van der Waals surface area contributed by atoms with Crippen LogP contribution in [-0.4, -0.2) is 29.5 Å². The van der Waals surface area contributed by atoms with Gasteiger partial charge in [0.2, 0.25) is 5.88 Å². The third-order valence-electron chi connectivity index (χ3n) is 5.38. The lowest BCUT2D eigenvalue weighted by Crippen LogP contribution is -2.47. The molecule has 1 saturated carbocycles. The molecule has 0 aromatic carbocycles. The molecule has 0 radical (unpaired) electrons. The molecule has 2 N–H and O–H groups in total. The van der Waals surface area contributed by atoms with Gasteiger partial charge in [-0.25, -0.2) is 4.79 Å². The number of anilines is 1. The van der Waals surface area contributed by atoms with Crippen LogP contribution in [0.25, 0.3) is 0 Å². The molecule has 146 valence electrons. The highest BCUT2D eigenvalue weighted by molar-refractivity contribution is 7.99. The molecule has 2 fully saturated rings. The fourth-order valence-corrected chi connectivity index (χ4v) is 4.94. The van der Waals surface area contributed by atoms with Gasteiger partial charge >= 0.3 is 5.63 Å². The Kier molecular flexibility index (Phi) is 5.71. The van der Waals surface area contributed by atoms with E-state index in [1.165, 1.54) is 25.3 Å². The Labute approximate surface area is 162 Å². The van der Waals surface area contributed by atoms with Crippen molar-refractivity contribution in [2.75, 3.05) is 16.8 Å². The predicted octanol–water partition coefficient (Wildman–Crippen LogP) is 3.10. The number of amides is 1. The number of oxime groups is 1. The van der Waals surface area contributed by atoms with Crippen molar-refractivity contribution in [3.05, 3.63) is 27.6 Å². The summed E-state index contributed by atoms with van der Waals surface area (Å²) in [6.45, 7) is 0. The molecule has 1 atom stereocenters. The zero-order chi connectivity index (χ0) is 18.6. The Morgan fingerprint density at radius 2 is 1.93 bits per heavy atom. The van der Waals surface area contributed by atoms with Crippen molar-refractivity contribution < 1.29 is 14.0 Å². The fraction of sp³-hybridized carbons (Fsp3) is 0.632. The van der Waals surface area contributed by atoms with E-state index < -0.39 is 12.0 Å². The second-order valence-corrected chi connectivity index (χ2v) is 8.60. The summed E-state index contributed by atoms with van der Waals surface area (Å²) in [5.41, 5.74) is 1.72. The van der Waals surface area contributed by atoms with E-state index in [0.29, 0.717) is 11.5 Å². The molecule has 1 saturated heterocycles. The lowest BCUT2D eigenvalue weighted by Gasteiger charge is -2.27. The number of fused-ring (bicyclic) bond motifs is 1. The van der Waals surface area contributed by atoms with Crippen molar-refractivity contribution in [1.82, 2.24) is 5.32 Å². The summed E-state index contributed by atoms with van der Waals surface area (Å²) in [7, 11) is 0. The molecule has 3 aliphatic rings. The van der Waals surface area contributed by atoms with Crippen LogP contribution < -0.4 is 16.3 Å². The second-order valence-electron chi connectivity index (χ2n) is 7.38. The monoisotopic (exact) mass is 391 g/mol. The average molecular weight is 391 g/mol. The number of hydrogen-bond donors (Lipinski definition) is 2. The third-order valence-corrected chi connectivity index (χ3v) is 6.37. The average Bonchev–Trinajstić information content (AvgIpc) is 2.67. The van der Waals surface area contributed by atoms with Crippen LogP contribution in [0.1, 0.15) is 60.9 Å². The molecule has 0 spiro atoms. The van der Waals surface area contributed by atoms with E-state index in [2.05, 4.69) is 15.8 Å². The molecule has 2 aliphatic heterocycles. The molecule has 1 aromatic rings. The maximum Gasteiger partial charge on any atom is 0.337 e. The van der Waals surface area contributed by atoms with Crippen molar-refractivity contribution in [2.45, 2.75) is 57.7 Å². The molecule has 8 heteroatoms. The summed E-state index contributed by atoms with van der Waals surface area (Å²) < 4.78 is 5.26. The van der Waals surface area contributed by atoms with E-state index in [0.717, 1.165) is 54.9 Å². The van der Waals surface area contributed by atoms with Crippen LogP contribution in [0.5, 0.6) is 0 Å². The summed E-state index contributed by atoms with van der Waals surface area (Å²) >= 11 is 1.90. The molecular formula is C19H25N3O4S. The SMILES string of the molecule is O=C1NC(ON=C2CCSCC2)Nc2oc(=O)cc(CC3CCCCC3)c21. The van der Waals surface area contributed by atoms with Crippen molar-refractivity contribution >= 4 is 29.3 Å². The van der Waals surface area contributed by atoms with Crippen LogP contribution in [0.4, 0.5) is 5.88 Å². The summed E-state index contributed by atoms with van der Waals surface area (Å²) in [5.74, 6) is 2.48. The van der Waals surface area contributed by atoms with E-state index in [1.54, 1.807) is 0 Å². The van der Waals surface area contributed by atoms with Crippen LogP contribution in [0.15, 0.2) is 20.4 Å². The zero-order valence-corrected chi connectivity index (χ0v) is 16.1. The first kappa shape index (κ1) is 18.4. The van der Waals surface area contributed by atoms with Crippen molar-refractivity contribution in [2.24, 2.45) is 11.1 Å². The standard InChI is InChI=1S/C19H25N3O4S/c23-15-11-13(10-12-4-2-1-3-5-12)16-17(24)20-19(21-18(16)25-15)26-22-14-6-8-27-9-7-14/h11-12,19,21H,1-10H2,(H,20,24). The van der Waals surface area contributed by atoms with Gasteiger partial charge < -0.3 is 14.6 Å². The summed E-state index contributed by atoms with van der Waals surface area (Å²) in [5, 5.41) is 9.87. The van der Waals surface area contributed by atoms with Crippen LogP contribution in [-0.2, 0) is 11.3 Å². The number of hydrogen-bond acceptors (Lipinski definition) is 7. The zero-order valence-electron chi connectivity index (χ0n) is 15.3. The summed E-state index contributed by atoms with van der Waals surface area (Å²) in [4.78, 5) is 30.1. The van der Waals surface area contributed by atoms with E-state index >= 15 is 0 Å². The minimum Gasteiger partial charge on any atom is -0.406 e. The molecule has 0 bridgehead atoms. The summed E-state index contributed by atoms with van der Waals surface area (Å²) in [6.07, 6.45) is 7.67. The first-order valence-corrected chi connectivity index (χ1v) is 10.9. The molecule has 1 unspecified atom stereocenters. The largest absolute Gasteiger partial charge is 0.406 e. The van der Waals surface area contributed by atoms with Crippen LogP contribution in [0, 0.1) is 5.92 Å². The first-order valence-electron chi connectivity index (χ1n) is 9.73. The molecular weight excluding hydrogens is 366 g/mol. The van der Waals surface area contributed by atoms with E-state index in [9.17, 15) is 9.59 Å². The Bertz CT molecular complexity index is 778. The van der Waals surface area contributed by atoms with Gasteiger partial charge in [0.05, 0.1) is 5.71 Å². The Morgan fingerprint density at radius 1 is 1.15 bits per heavy atom. The Morgan fingerprint density at radius 3 is 2.70 bits per heavy atom. The summed E-state index contributed by atoms with van der Waals surface area (Å²) in [6, 6.07) is 1.45. The van der Waals surface area contributed by atoms with Gasteiger partial charge in [-0.1, -0.05) is 37.3 Å². The highest BCUT2D eigenvalue weighted by Gasteiger charge is 2.31.